The molecular weight excluding hydrogens is 316 g/mol. The third kappa shape index (κ3) is 3.16. The number of nitrogens with one attached hydrogen (secondary N) is 1. The van der Waals surface area contributed by atoms with Crippen molar-refractivity contribution >= 4 is 11.6 Å². The molecule has 0 saturated heterocycles. The highest BCUT2D eigenvalue weighted by molar-refractivity contribution is 6.04. The second-order valence-corrected chi connectivity index (χ2v) is 5.35. The average molecular weight is 330 g/mol. The molecule has 7 heteroatoms. The lowest BCUT2D eigenvalue weighted by Crippen LogP contribution is -2.12. The van der Waals surface area contributed by atoms with Gasteiger partial charge in [0.2, 0.25) is 0 Å². The molecule has 0 fully saturated rings. The summed E-state index contributed by atoms with van der Waals surface area (Å²) in [4.78, 5) is 12.6. The first kappa shape index (κ1) is 14.8. The van der Waals surface area contributed by atoms with Gasteiger partial charge in [-0.2, -0.15) is 5.10 Å². The molecule has 2 heterocycles. The van der Waals surface area contributed by atoms with E-state index in [0.717, 1.165) is 11.4 Å². The Morgan fingerprint density at radius 3 is 2.48 bits per heavy atom. The van der Waals surface area contributed by atoms with Gasteiger partial charge in [-0.3, -0.25) is 4.79 Å². The molecule has 2 aromatic carbocycles. The monoisotopic (exact) mass is 330 g/mol. The number of nitrogens with zero attached hydrogens (tertiary/aromatic N) is 5. The molecule has 0 unspecified atom stereocenters. The highest BCUT2D eigenvalue weighted by Crippen LogP contribution is 2.16. The summed E-state index contributed by atoms with van der Waals surface area (Å²) < 4.78 is 3.34. The van der Waals surface area contributed by atoms with Gasteiger partial charge < -0.3 is 5.32 Å². The van der Waals surface area contributed by atoms with E-state index in [1.807, 2.05) is 48.7 Å². The van der Waals surface area contributed by atoms with E-state index < -0.39 is 0 Å². The van der Waals surface area contributed by atoms with E-state index in [0.29, 0.717) is 11.3 Å². The number of amides is 1. The number of rotatable bonds is 4. The highest BCUT2D eigenvalue weighted by atomic mass is 16.1. The Labute approximate surface area is 143 Å². The van der Waals surface area contributed by atoms with Gasteiger partial charge in [0, 0.05) is 23.6 Å². The van der Waals surface area contributed by atoms with Crippen molar-refractivity contribution in [2.45, 2.75) is 0 Å². The van der Waals surface area contributed by atoms with E-state index in [2.05, 4.69) is 20.7 Å². The van der Waals surface area contributed by atoms with E-state index in [1.165, 1.54) is 0 Å². The van der Waals surface area contributed by atoms with E-state index in [9.17, 15) is 4.79 Å². The van der Waals surface area contributed by atoms with Crippen LogP contribution in [0.3, 0.4) is 0 Å². The van der Waals surface area contributed by atoms with Crippen LogP contribution >= 0.6 is 0 Å². The van der Waals surface area contributed by atoms with Crippen LogP contribution in [0, 0.1) is 0 Å². The van der Waals surface area contributed by atoms with E-state index >= 15 is 0 Å². The number of hydrogen-bond acceptors (Lipinski definition) is 4. The average Bonchev–Trinajstić information content (AvgIpc) is 3.36. The fraction of sp³-hybridized carbons (Fsp3) is 0. The molecule has 4 aromatic rings. The number of carbonyl (C=O) groups excluding carboxylic acids is 1. The Kier molecular flexibility index (Phi) is 3.80. The second kappa shape index (κ2) is 6.40. The fourth-order valence-corrected chi connectivity index (χ4v) is 2.49. The molecule has 25 heavy (non-hydrogen) atoms. The largest absolute Gasteiger partial charge is 0.322 e. The van der Waals surface area contributed by atoms with Crippen molar-refractivity contribution in [3.63, 3.8) is 0 Å². The SMILES string of the molecule is O=C(Nc1cccc(-n2cccn2)c1)c1cccc(-n2ccnn2)c1. The number of hydrogen-bond donors (Lipinski definition) is 1. The number of anilines is 1. The van der Waals surface area contributed by atoms with Gasteiger partial charge in [-0.05, 0) is 42.5 Å². The minimum absolute atomic E-state index is 0.195. The number of benzene rings is 2. The van der Waals surface area contributed by atoms with Crippen molar-refractivity contribution in [2.75, 3.05) is 5.32 Å². The first-order chi connectivity index (χ1) is 12.3. The zero-order valence-corrected chi connectivity index (χ0v) is 13.1. The van der Waals surface area contributed by atoms with Crippen LogP contribution in [0.1, 0.15) is 10.4 Å². The quantitative estimate of drug-likeness (QED) is 0.624. The van der Waals surface area contributed by atoms with Gasteiger partial charge >= 0.3 is 0 Å². The van der Waals surface area contributed by atoms with Gasteiger partial charge in [-0.15, -0.1) is 5.10 Å². The van der Waals surface area contributed by atoms with Crippen LogP contribution in [-0.2, 0) is 0 Å². The summed E-state index contributed by atoms with van der Waals surface area (Å²) in [7, 11) is 0. The lowest BCUT2D eigenvalue weighted by molar-refractivity contribution is 0.102. The maximum atomic E-state index is 12.6. The van der Waals surface area contributed by atoms with Gasteiger partial charge in [-0.25, -0.2) is 9.36 Å². The fourth-order valence-electron chi connectivity index (χ4n) is 2.49. The molecule has 0 spiro atoms. The molecule has 0 radical (unpaired) electrons. The predicted molar refractivity (Wildman–Crippen MR) is 92.9 cm³/mol. The molecule has 0 atom stereocenters. The van der Waals surface area contributed by atoms with E-state index in [1.54, 1.807) is 40.1 Å². The molecule has 1 N–H and O–H groups in total. The minimum Gasteiger partial charge on any atom is -0.322 e. The topological polar surface area (TPSA) is 77.6 Å². The molecule has 1 amide bonds. The number of aromatic nitrogens is 5. The van der Waals surface area contributed by atoms with Crippen LogP contribution in [0.25, 0.3) is 11.4 Å². The molecule has 2 aromatic heterocycles. The lowest BCUT2D eigenvalue weighted by atomic mass is 10.2. The Bertz CT molecular complexity index is 992. The van der Waals surface area contributed by atoms with Crippen molar-refractivity contribution in [3.8, 4) is 11.4 Å². The van der Waals surface area contributed by atoms with Gasteiger partial charge in [0.15, 0.2) is 0 Å². The van der Waals surface area contributed by atoms with Gasteiger partial charge in [0.1, 0.15) is 0 Å². The molecule has 122 valence electrons. The second-order valence-electron chi connectivity index (χ2n) is 5.35. The third-order valence-electron chi connectivity index (χ3n) is 3.67. The molecule has 0 aliphatic heterocycles. The molecule has 0 aliphatic carbocycles. The van der Waals surface area contributed by atoms with Crippen molar-refractivity contribution in [1.82, 2.24) is 24.8 Å². The Balaban J connectivity index is 1.57. The van der Waals surface area contributed by atoms with Gasteiger partial charge in [0.25, 0.3) is 5.91 Å². The zero-order chi connectivity index (χ0) is 17.1. The van der Waals surface area contributed by atoms with E-state index in [-0.39, 0.29) is 5.91 Å². The summed E-state index contributed by atoms with van der Waals surface area (Å²) >= 11 is 0. The molecule has 0 aliphatic rings. The van der Waals surface area contributed by atoms with Crippen molar-refractivity contribution in [1.29, 1.82) is 0 Å². The van der Waals surface area contributed by atoms with Crippen LogP contribution < -0.4 is 5.32 Å². The summed E-state index contributed by atoms with van der Waals surface area (Å²) in [6.07, 6.45) is 6.88. The summed E-state index contributed by atoms with van der Waals surface area (Å²) in [5.74, 6) is -0.195. The standard InChI is InChI=1S/C18H14N6O/c25-18(14-4-1-6-16(12-14)24-11-9-19-22-24)21-15-5-2-7-17(13-15)23-10-3-8-20-23/h1-13H,(H,21,25). The Morgan fingerprint density at radius 1 is 0.880 bits per heavy atom. The van der Waals surface area contributed by atoms with Crippen molar-refractivity contribution in [3.05, 3.63) is 84.9 Å². The summed E-state index contributed by atoms with van der Waals surface area (Å²) in [6.45, 7) is 0. The van der Waals surface area contributed by atoms with Gasteiger partial charge in [0.05, 0.1) is 23.8 Å². The van der Waals surface area contributed by atoms with Crippen LogP contribution in [0.2, 0.25) is 0 Å². The maximum Gasteiger partial charge on any atom is 0.255 e. The normalized spacial score (nSPS) is 10.6. The number of carbonyl (C=O) groups is 1. The Hall–Kier alpha value is -3.74. The predicted octanol–water partition coefficient (Wildman–Crippen LogP) is 2.71. The Morgan fingerprint density at radius 2 is 1.72 bits per heavy atom. The van der Waals surface area contributed by atoms with Crippen LogP contribution in [-0.4, -0.2) is 30.7 Å². The smallest absolute Gasteiger partial charge is 0.255 e. The van der Waals surface area contributed by atoms with Crippen LogP contribution in [0.15, 0.2) is 79.4 Å². The zero-order valence-electron chi connectivity index (χ0n) is 13.1. The summed E-state index contributed by atoms with van der Waals surface area (Å²) in [5, 5.41) is 14.8. The molecule has 0 saturated carbocycles. The van der Waals surface area contributed by atoms with Crippen molar-refractivity contribution < 1.29 is 4.79 Å². The first-order valence-corrected chi connectivity index (χ1v) is 7.68. The molecule has 4 rings (SSSR count). The minimum atomic E-state index is -0.195. The highest BCUT2D eigenvalue weighted by Gasteiger charge is 2.09. The first-order valence-electron chi connectivity index (χ1n) is 7.68. The molecule has 7 nitrogen and oxygen atoms in total. The lowest BCUT2D eigenvalue weighted by Gasteiger charge is -2.09. The van der Waals surface area contributed by atoms with Crippen LogP contribution in [0.4, 0.5) is 5.69 Å². The van der Waals surface area contributed by atoms with E-state index in [4.69, 9.17) is 0 Å². The summed E-state index contributed by atoms with van der Waals surface area (Å²) in [6, 6.07) is 16.6. The third-order valence-corrected chi connectivity index (χ3v) is 3.67. The van der Waals surface area contributed by atoms with Crippen molar-refractivity contribution in [2.24, 2.45) is 0 Å². The van der Waals surface area contributed by atoms with Crippen LogP contribution in [0.5, 0.6) is 0 Å². The van der Waals surface area contributed by atoms with Gasteiger partial charge in [-0.1, -0.05) is 17.3 Å². The maximum absolute atomic E-state index is 12.6. The molecular formula is C18H14N6O. The summed E-state index contributed by atoms with van der Waals surface area (Å²) in [5.41, 5.74) is 2.89. The molecule has 0 bridgehead atoms.